The molecule has 18 heavy (non-hydrogen) atoms. The summed E-state index contributed by atoms with van der Waals surface area (Å²) in [6.45, 7) is 3.07. The van der Waals surface area contributed by atoms with Crippen LogP contribution in [0.5, 0.6) is 0 Å². The van der Waals surface area contributed by atoms with Crippen molar-refractivity contribution in [3.05, 3.63) is 34.6 Å². The minimum atomic E-state index is -0.289. The first-order valence-corrected chi connectivity index (χ1v) is 6.18. The fraction of sp³-hybridized carbons (Fsp3) is 0.462. The second-order valence-electron chi connectivity index (χ2n) is 4.03. The molecule has 3 nitrogen and oxygen atoms in total. The van der Waals surface area contributed by atoms with Gasteiger partial charge in [0.15, 0.2) is 0 Å². The molecular weight excluding hydrogens is 257 g/mol. The molecular formula is C13H17ClFNO2. The van der Waals surface area contributed by atoms with Gasteiger partial charge in [-0.25, -0.2) is 4.39 Å². The number of carbonyl (C=O) groups is 1. The molecule has 0 fully saturated rings. The van der Waals surface area contributed by atoms with Gasteiger partial charge in [0.1, 0.15) is 5.82 Å². The topological polar surface area (TPSA) is 29.5 Å². The molecule has 0 amide bonds. The van der Waals surface area contributed by atoms with Crippen molar-refractivity contribution in [2.45, 2.75) is 19.9 Å². The van der Waals surface area contributed by atoms with E-state index in [1.165, 1.54) is 12.1 Å². The van der Waals surface area contributed by atoms with Gasteiger partial charge in [0.05, 0.1) is 13.0 Å². The molecule has 0 aromatic heterocycles. The third-order valence-corrected chi connectivity index (χ3v) is 2.69. The number of carbonyl (C=O) groups excluding carboxylic acids is 1. The molecule has 1 aromatic carbocycles. The van der Waals surface area contributed by atoms with Gasteiger partial charge in [0, 0.05) is 23.7 Å². The van der Waals surface area contributed by atoms with Crippen LogP contribution in [0.1, 0.15) is 18.9 Å². The maximum atomic E-state index is 13.5. The van der Waals surface area contributed by atoms with Crippen molar-refractivity contribution in [1.82, 2.24) is 4.90 Å². The van der Waals surface area contributed by atoms with Gasteiger partial charge < -0.3 is 9.64 Å². The molecule has 0 bridgehead atoms. The van der Waals surface area contributed by atoms with Gasteiger partial charge in [-0.2, -0.15) is 0 Å². The molecule has 0 heterocycles. The highest BCUT2D eigenvalue weighted by Gasteiger charge is 2.09. The van der Waals surface area contributed by atoms with Crippen molar-refractivity contribution < 1.29 is 13.9 Å². The van der Waals surface area contributed by atoms with Crippen molar-refractivity contribution in [1.29, 1.82) is 0 Å². The lowest BCUT2D eigenvalue weighted by molar-refractivity contribution is -0.143. The predicted octanol–water partition coefficient (Wildman–Crippen LogP) is 2.86. The first-order chi connectivity index (χ1) is 8.52. The SMILES string of the molecule is CCOC(=O)CCN(C)Cc1cc(Cl)ccc1F. The number of benzene rings is 1. The number of hydrogen-bond acceptors (Lipinski definition) is 3. The number of halogens is 2. The normalized spacial score (nSPS) is 10.7. The van der Waals surface area contributed by atoms with E-state index in [1.807, 2.05) is 11.9 Å². The summed E-state index contributed by atoms with van der Waals surface area (Å²) in [6, 6.07) is 4.45. The lowest BCUT2D eigenvalue weighted by Gasteiger charge is -2.16. The zero-order valence-electron chi connectivity index (χ0n) is 10.6. The zero-order chi connectivity index (χ0) is 13.5. The average molecular weight is 274 g/mol. The van der Waals surface area contributed by atoms with Crippen LogP contribution in [0.2, 0.25) is 5.02 Å². The molecule has 0 aliphatic carbocycles. The molecule has 0 radical (unpaired) electrons. The summed E-state index contributed by atoms with van der Waals surface area (Å²) in [5.74, 6) is -0.529. The van der Waals surface area contributed by atoms with E-state index in [4.69, 9.17) is 16.3 Å². The molecule has 0 aliphatic rings. The Bertz CT molecular complexity index is 412. The minimum absolute atomic E-state index is 0.240. The Kier molecular flexibility index (Phi) is 6.09. The van der Waals surface area contributed by atoms with Gasteiger partial charge >= 0.3 is 5.97 Å². The number of rotatable bonds is 6. The summed E-state index contributed by atoms with van der Waals surface area (Å²) in [6.07, 6.45) is 0.298. The summed E-state index contributed by atoms with van der Waals surface area (Å²) >= 11 is 5.81. The van der Waals surface area contributed by atoms with Crippen LogP contribution in [0.4, 0.5) is 4.39 Å². The second kappa shape index (κ2) is 7.34. The highest BCUT2D eigenvalue weighted by molar-refractivity contribution is 6.30. The second-order valence-corrected chi connectivity index (χ2v) is 4.46. The molecule has 5 heteroatoms. The van der Waals surface area contributed by atoms with E-state index in [9.17, 15) is 9.18 Å². The zero-order valence-corrected chi connectivity index (χ0v) is 11.3. The molecule has 1 rings (SSSR count). The van der Waals surface area contributed by atoms with Crippen molar-refractivity contribution in [2.75, 3.05) is 20.2 Å². The van der Waals surface area contributed by atoms with Gasteiger partial charge in [0.25, 0.3) is 0 Å². The maximum absolute atomic E-state index is 13.5. The molecule has 0 saturated heterocycles. The van der Waals surface area contributed by atoms with E-state index >= 15 is 0 Å². The number of esters is 1. The Morgan fingerprint density at radius 3 is 2.89 bits per heavy atom. The van der Waals surface area contributed by atoms with Gasteiger partial charge in [-0.15, -0.1) is 0 Å². The van der Waals surface area contributed by atoms with Crippen molar-refractivity contribution in [3.63, 3.8) is 0 Å². The fourth-order valence-corrected chi connectivity index (χ4v) is 1.74. The van der Waals surface area contributed by atoms with Crippen molar-refractivity contribution in [2.24, 2.45) is 0 Å². The lowest BCUT2D eigenvalue weighted by atomic mass is 10.2. The Morgan fingerprint density at radius 2 is 2.22 bits per heavy atom. The molecule has 0 unspecified atom stereocenters. The average Bonchev–Trinajstić information content (AvgIpc) is 2.32. The largest absolute Gasteiger partial charge is 0.466 e. The first-order valence-electron chi connectivity index (χ1n) is 5.81. The quantitative estimate of drug-likeness (QED) is 0.747. The molecule has 0 saturated carbocycles. The van der Waals surface area contributed by atoms with Crippen LogP contribution in [0, 0.1) is 5.82 Å². The van der Waals surface area contributed by atoms with E-state index in [0.717, 1.165) is 0 Å². The Morgan fingerprint density at radius 1 is 1.50 bits per heavy atom. The van der Waals surface area contributed by atoms with E-state index < -0.39 is 0 Å². The Labute approximate surface area is 111 Å². The number of nitrogens with zero attached hydrogens (tertiary/aromatic N) is 1. The van der Waals surface area contributed by atoms with Crippen LogP contribution >= 0.6 is 11.6 Å². The molecule has 100 valence electrons. The number of hydrogen-bond donors (Lipinski definition) is 0. The predicted molar refractivity (Wildman–Crippen MR) is 69.0 cm³/mol. The van der Waals surface area contributed by atoms with Gasteiger partial charge in [-0.05, 0) is 32.2 Å². The van der Waals surface area contributed by atoms with Crippen LogP contribution in [-0.4, -0.2) is 31.1 Å². The summed E-state index contributed by atoms with van der Waals surface area (Å²) in [7, 11) is 1.82. The van der Waals surface area contributed by atoms with Crippen LogP contribution in [0.25, 0.3) is 0 Å². The smallest absolute Gasteiger partial charge is 0.307 e. The maximum Gasteiger partial charge on any atom is 0.307 e. The van der Waals surface area contributed by atoms with Crippen molar-refractivity contribution in [3.8, 4) is 0 Å². The third-order valence-electron chi connectivity index (χ3n) is 2.45. The molecule has 0 atom stereocenters. The summed E-state index contributed by atoms with van der Waals surface area (Å²) < 4.78 is 18.3. The summed E-state index contributed by atoms with van der Waals surface area (Å²) in [4.78, 5) is 13.0. The van der Waals surface area contributed by atoms with Crippen LogP contribution < -0.4 is 0 Å². The highest BCUT2D eigenvalue weighted by atomic mass is 35.5. The van der Waals surface area contributed by atoms with Crippen LogP contribution in [0.3, 0.4) is 0 Å². The van der Waals surface area contributed by atoms with Crippen molar-refractivity contribution >= 4 is 17.6 Å². The third kappa shape index (κ3) is 5.02. The molecule has 0 spiro atoms. The van der Waals surface area contributed by atoms with Gasteiger partial charge in [0.2, 0.25) is 0 Å². The summed E-state index contributed by atoms with van der Waals surface area (Å²) in [5.41, 5.74) is 0.522. The lowest BCUT2D eigenvalue weighted by Crippen LogP contribution is -2.22. The van der Waals surface area contributed by atoms with Crippen LogP contribution in [0.15, 0.2) is 18.2 Å². The molecule has 1 aromatic rings. The van der Waals surface area contributed by atoms with E-state index in [-0.39, 0.29) is 11.8 Å². The van der Waals surface area contributed by atoms with E-state index in [1.54, 1.807) is 13.0 Å². The molecule has 0 aliphatic heterocycles. The van der Waals surface area contributed by atoms with Gasteiger partial charge in [-0.3, -0.25) is 4.79 Å². The van der Waals surface area contributed by atoms with E-state index in [2.05, 4.69) is 0 Å². The fourth-order valence-electron chi connectivity index (χ4n) is 1.55. The first kappa shape index (κ1) is 14.9. The monoisotopic (exact) mass is 273 g/mol. The summed E-state index contributed by atoms with van der Waals surface area (Å²) in [5, 5.41) is 0.505. The van der Waals surface area contributed by atoms with Crippen LogP contribution in [-0.2, 0) is 16.1 Å². The highest BCUT2D eigenvalue weighted by Crippen LogP contribution is 2.16. The standard InChI is InChI=1S/C13H17ClFNO2/c1-3-18-13(17)6-7-16(2)9-10-8-11(14)4-5-12(10)15/h4-5,8H,3,6-7,9H2,1-2H3. The number of ether oxygens (including phenoxy) is 1. The van der Waals surface area contributed by atoms with E-state index in [0.29, 0.717) is 36.7 Å². The molecule has 0 N–H and O–H groups in total. The van der Waals surface area contributed by atoms with Gasteiger partial charge in [-0.1, -0.05) is 11.6 Å². The Hall–Kier alpha value is -1.13. The minimum Gasteiger partial charge on any atom is -0.466 e. The Balaban J connectivity index is 2.46.